The number of aliphatic hydroxyl groups excluding tert-OH is 1. The van der Waals surface area contributed by atoms with E-state index in [9.17, 15) is 5.11 Å². The van der Waals surface area contributed by atoms with E-state index in [0.717, 1.165) is 35.6 Å². The molecule has 0 aromatic carbocycles. The van der Waals surface area contributed by atoms with Gasteiger partial charge in [0.2, 0.25) is 0 Å². The minimum absolute atomic E-state index is 0.110. The zero-order chi connectivity index (χ0) is 12.9. The molecular formula is C14H18N2O2. The van der Waals surface area contributed by atoms with Crippen LogP contribution in [0.5, 0.6) is 0 Å². The molecule has 4 nitrogen and oxygen atoms in total. The van der Waals surface area contributed by atoms with Gasteiger partial charge in [0.25, 0.3) is 0 Å². The minimum atomic E-state index is -0.379. The van der Waals surface area contributed by atoms with Crippen LogP contribution in [0.2, 0.25) is 0 Å². The van der Waals surface area contributed by atoms with Crippen molar-refractivity contribution in [2.24, 2.45) is 5.41 Å². The molecule has 1 aliphatic rings. The SMILES string of the molecule is Cc1cc2c(n1-c1ccon1)CC(C)(C)CC2O. The minimum Gasteiger partial charge on any atom is -0.388 e. The first-order valence-corrected chi connectivity index (χ1v) is 6.28. The van der Waals surface area contributed by atoms with Crippen molar-refractivity contribution in [3.8, 4) is 5.82 Å². The third kappa shape index (κ3) is 1.68. The largest absolute Gasteiger partial charge is 0.388 e. The third-order valence-corrected chi connectivity index (χ3v) is 3.72. The van der Waals surface area contributed by atoms with Crippen molar-refractivity contribution in [2.45, 2.75) is 39.7 Å². The first-order chi connectivity index (χ1) is 8.48. The van der Waals surface area contributed by atoms with Gasteiger partial charge in [0.05, 0.1) is 6.10 Å². The monoisotopic (exact) mass is 246 g/mol. The van der Waals surface area contributed by atoms with Gasteiger partial charge in [-0.05, 0) is 31.2 Å². The number of nitrogens with zero attached hydrogens (tertiary/aromatic N) is 2. The highest BCUT2D eigenvalue weighted by Crippen LogP contribution is 2.42. The summed E-state index contributed by atoms with van der Waals surface area (Å²) < 4.78 is 7.02. The predicted molar refractivity (Wildman–Crippen MR) is 67.6 cm³/mol. The van der Waals surface area contributed by atoms with Crippen LogP contribution < -0.4 is 0 Å². The molecule has 18 heavy (non-hydrogen) atoms. The Kier molecular flexibility index (Phi) is 2.38. The summed E-state index contributed by atoms with van der Waals surface area (Å²) in [6.07, 6.45) is 2.95. The molecule has 4 heteroatoms. The fourth-order valence-corrected chi connectivity index (χ4v) is 2.98. The summed E-state index contributed by atoms with van der Waals surface area (Å²) >= 11 is 0. The maximum Gasteiger partial charge on any atom is 0.180 e. The first-order valence-electron chi connectivity index (χ1n) is 6.28. The summed E-state index contributed by atoms with van der Waals surface area (Å²) in [5.41, 5.74) is 3.39. The Hall–Kier alpha value is -1.55. The summed E-state index contributed by atoms with van der Waals surface area (Å²) in [5, 5.41) is 14.3. The van der Waals surface area contributed by atoms with Crippen LogP contribution in [-0.4, -0.2) is 14.8 Å². The maximum absolute atomic E-state index is 10.3. The lowest BCUT2D eigenvalue weighted by Gasteiger charge is -2.33. The quantitative estimate of drug-likeness (QED) is 0.841. The van der Waals surface area contributed by atoms with Gasteiger partial charge < -0.3 is 9.63 Å². The molecule has 2 heterocycles. The molecule has 1 atom stereocenters. The summed E-state index contributed by atoms with van der Waals surface area (Å²) in [7, 11) is 0. The van der Waals surface area contributed by atoms with E-state index in [0.29, 0.717) is 0 Å². The standard InChI is InChI=1S/C14H18N2O2/c1-9-6-10-11(7-14(2,3)8-12(10)17)16(9)13-4-5-18-15-13/h4-6,12,17H,7-8H2,1-3H3. The fraction of sp³-hybridized carbons (Fsp3) is 0.500. The number of hydrogen-bond donors (Lipinski definition) is 1. The van der Waals surface area contributed by atoms with Crippen molar-refractivity contribution >= 4 is 0 Å². The van der Waals surface area contributed by atoms with Crippen LogP contribution in [0, 0.1) is 12.3 Å². The maximum atomic E-state index is 10.3. The van der Waals surface area contributed by atoms with Gasteiger partial charge >= 0.3 is 0 Å². The Morgan fingerprint density at radius 2 is 2.28 bits per heavy atom. The Labute approximate surface area is 106 Å². The lowest BCUT2D eigenvalue weighted by atomic mass is 9.75. The van der Waals surface area contributed by atoms with Crippen molar-refractivity contribution in [3.63, 3.8) is 0 Å². The van der Waals surface area contributed by atoms with Gasteiger partial charge in [-0.2, -0.15) is 0 Å². The number of rotatable bonds is 1. The van der Waals surface area contributed by atoms with Gasteiger partial charge in [-0.3, -0.25) is 4.57 Å². The van der Waals surface area contributed by atoms with Crippen molar-refractivity contribution < 1.29 is 9.63 Å². The van der Waals surface area contributed by atoms with Crippen LogP contribution in [0.25, 0.3) is 5.82 Å². The molecule has 96 valence electrons. The topological polar surface area (TPSA) is 51.2 Å². The highest BCUT2D eigenvalue weighted by atomic mass is 16.5. The summed E-state index contributed by atoms with van der Waals surface area (Å²) in [5.74, 6) is 0.790. The number of aryl methyl sites for hydroxylation is 1. The van der Waals surface area contributed by atoms with Gasteiger partial charge in [0.1, 0.15) is 6.26 Å². The summed E-state index contributed by atoms with van der Waals surface area (Å²) in [4.78, 5) is 0. The third-order valence-electron chi connectivity index (χ3n) is 3.72. The molecule has 2 aromatic heterocycles. The van der Waals surface area contributed by atoms with Crippen molar-refractivity contribution in [2.75, 3.05) is 0 Å². The second-order valence-corrected chi connectivity index (χ2v) is 5.94. The van der Waals surface area contributed by atoms with Gasteiger partial charge in [-0.15, -0.1) is 0 Å². The molecule has 0 saturated heterocycles. The number of hydrogen-bond acceptors (Lipinski definition) is 3. The summed E-state index contributed by atoms with van der Waals surface area (Å²) in [6, 6.07) is 3.91. The zero-order valence-electron chi connectivity index (χ0n) is 11.0. The molecule has 0 radical (unpaired) electrons. The van der Waals surface area contributed by atoms with Crippen LogP contribution in [0.3, 0.4) is 0 Å². The Morgan fingerprint density at radius 1 is 1.50 bits per heavy atom. The van der Waals surface area contributed by atoms with E-state index in [1.165, 1.54) is 0 Å². The normalized spacial score (nSPS) is 21.9. The van der Waals surface area contributed by atoms with Crippen molar-refractivity contribution in [1.29, 1.82) is 0 Å². The predicted octanol–water partition coefficient (Wildman–Crippen LogP) is 2.78. The molecule has 0 fully saturated rings. The zero-order valence-corrected chi connectivity index (χ0v) is 11.0. The van der Waals surface area contributed by atoms with Crippen LogP contribution >= 0.6 is 0 Å². The molecule has 0 aliphatic heterocycles. The van der Waals surface area contributed by atoms with Gasteiger partial charge in [-0.25, -0.2) is 0 Å². The average Bonchev–Trinajstić information content (AvgIpc) is 2.83. The van der Waals surface area contributed by atoms with Gasteiger partial charge in [0, 0.05) is 23.0 Å². The highest BCUT2D eigenvalue weighted by Gasteiger charge is 2.34. The molecule has 3 rings (SSSR count). The van der Waals surface area contributed by atoms with E-state index in [1.54, 1.807) is 6.26 Å². The van der Waals surface area contributed by atoms with Crippen LogP contribution in [0.15, 0.2) is 22.9 Å². The Morgan fingerprint density at radius 3 is 2.94 bits per heavy atom. The van der Waals surface area contributed by atoms with E-state index < -0.39 is 0 Å². The molecule has 1 unspecified atom stereocenters. The lowest BCUT2D eigenvalue weighted by molar-refractivity contribution is 0.0986. The Bertz CT molecular complexity index is 567. The van der Waals surface area contributed by atoms with Crippen molar-refractivity contribution in [1.82, 2.24) is 9.72 Å². The average molecular weight is 246 g/mol. The van der Waals surface area contributed by atoms with E-state index >= 15 is 0 Å². The lowest BCUT2D eigenvalue weighted by Crippen LogP contribution is -2.26. The van der Waals surface area contributed by atoms with Crippen LogP contribution in [-0.2, 0) is 6.42 Å². The number of aliphatic hydroxyl groups is 1. The molecule has 0 bridgehead atoms. The smallest absolute Gasteiger partial charge is 0.180 e. The number of aromatic nitrogens is 2. The second kappa shape index (κ2) is 3.72. The van der Waals surface area contributed by atoms with Crippen LogP contribution in [0.4, 0.5) is 0 Å². The van der Waals surface area contributed by atoms with Gasteiger partial charge in [0.15, 0.2) is 5.82 Å². The molecule has 1 N–H and O–H groups in total. The first kappa shape index (κ1) is 11.5. The molecule has 0 saturated carbocycles. The van der Waals surface area contributed by atoms with E-state index in [-0.39, 0.29) is 11.5 Å². The highest BCUT2D eigenvalue weighted by molar-refractivity contribution is 5.39. The molecule has 0 amide bonds. The molecule has 1 aliphatic carbocycles. The summed E-state index contributed by atoms with van der Waals surface area (Å²) in [6.45, 7) is 6.41. The Balaban J connectivity index is 2.18. The van der Waals surface area contributed by atoms with E-state index in [1.807, 2.05) is 13.0 Å². The fourth-order valence-electron chi connectivity index (χ4n) is 2.98. The van der Waals surface area contributed by atoms with E-state index in [4.69, 9.17) is 4.52 Å². The molecular weight excluding hydrogens is 228 g/mol. The second-order valence-electron chi connectivity index (χ2n) is 5.94. The van der Waals surface area contributed by atoms with Crippen LogP contribution in [0.1, 0.15) is 43.3 Å². The van der Waals surface area contributed by atoms with E-state index in [2.05, 4.69) is 29.6 Å². The molecule has 0 spiro atoms. The van der Waals surface area contributed by atoms with Gasteiger partial charge in [-0.1, -0.05) is 19.0 Å². The molecule has 2 aromatic rings. The van der Waals surface area contributed by atoms with Crippen molar-refractivity contribution in [3.05, 3.63) is 35.3 Å². The number of fused-ring (bicyclic) bond motifs is 1.